The Bertz CT molecular complexity index is 479. The normalized spacial score (nSPS) is 21.5. The second-order valence-electron chi connectivity index (χ2n) is 5.23. The number of likely N-dealkylation sites (tertiary alicyclic amines) is 1. The van der Waals surface area contributed by atoms with E-state index in [1.54, 1.807) is 0 Å². The first kappa shape index (κ1) is 14.3. The molecule has 1 aromatic carbocycles. The van der Waals surface area contributed by atoms with Gasteiger partial charge in [0.1, 0.15) is 0 Å². The lowest BCUT2D eigenvalue weighted by atomic mass is 9.95. The van der Waals surface area contributed by atoms with Crippen molar-refractivity contribution >= 4 is 17.6 Å². The van der Waals surface area contributed by atoms with Gasteiger partial charge >= 0.3 is 5.97 Å². The number of halogens is 1. The Kier molecular flexibility index (Phi) is 4.45. The van der Waals surface area contributed by atoms with Gasteiger partial charge < -0.3 is 15.7 Å². The van der Waals surface area contributed by atoms with Crippen LogP contribution in [-0.4, -0.2) is 36.1 Å². The molecule has 104 valence electrons. The largest absolute Gasteiger partial charge is 0.481 e. The molecule has 1 saturated heterocycles. The third kappa shape index (κ3) is 3.47. The molecule has 1 fully saturated rings. The first-order valence-electron chi connectivity index (χ1n) is 6.42. The van der Waals surface area contributed by atoms with Crippen molar-refractivity contribution in [2.45, 2.75) is 24.8 Å². The summed E-state index contributed by atoms with van der Waals surface area (Å²) in [5.41, 5.74) is 7.76. The number of nitrogens with two attached hydrogens (primary N) is 1. The fourth-order valence-electron chi connectivity index (χ4n) is 2.60. The Morgan fingerprint density at radius 1 is 1.63 bits per heavy atom. The number of rotatable bonds is 4. The van der Waals surface area contributed by atoms with E-state index in [9.17, 15) is 4.79 Å². The van der Waals surface area contributed by atoms with E-state index in [4.69, 9.17) is 22.4 Å². The van der Waals surface area contributed by atoms with Crippen molar-refractivity contribution < 1.29 is 9.90 Å². The number of carboxylic acid groups (broad SMARTS) is 1. The van der Waals surface area contributed by atoms with Crippen LogP contribution in [0.1, 0.15) is 35.9 Å². The van der Waals surface area contributed by atoms with Gasteiger partial charge in [0, 0.05) is 17.6 Å². The molecule has 0 aromatic heterocycles. The molecule has 2 rings (SSSR count). The summed E-state index contributed by atoms with van der Waals surface area (Å²) in [6, 6.07) is 5.19. The molecule has 5 heteroatoms. The molecule has 0 aliphatic carbocycles. The molecule has 3 N–H and O–H groups in total. The number of benzene rings is 1. The number of hydrogen-bond donors (Lipinski definition) is 2. The second kappa shape index (κ2) is 5.90. The predicted octanol–water partition coefficient (Wildman–Crippen LogP) is 2.23. The summed E-state index contributed by atoms with van der Waals surface area (Å²) in [6.07, 6.45) is 1.03. The molecule has 2 atom stereocenters. The summed E-state index contributed by atoms with van der Waals surface area (Å²) in [4.78, 5) is 12.9. The molecule has 0 spiro atoms. The number of nitrogens with zero attached hydrogens (tertiary/aromatic N) is 1. The van der Waals surface area contributed by atoms with Gasteiger partial charge in [0.2, 0.25) is 0 Å². The van der Waals surface area contributed by atoms with Crippen LogP contribution in [0.4, 0.5) is 0 Å². The number of hydrogen-bond acceptors (Lipinski definition) is 3. The highest BCUT2D eigenvalue weighted by molar-refractivity contribution is 6.31. The quantitative estimate of drug-likeness (QED) is 0.889. The van der Waals surface area contributed by atoms with Crippen molar-refractivity contribution in [3.05, 3.63) is 34.3 Å². The van der Waals surface area contributed by atoms with Crippen LogP contribution in [0.3, 0.4) is 0 Å². The van der Waals surface area contributed by atoms with Gasteiger partial charge in [-0.15, -0.1) is 0 Å². The average molecular weight is 283 g/mol. The standard InChI is InChI=1S/C14H19ClN2O2/c1-17-5-4-10(8-17)11-3-2-9(6-12(11)15)13(16)7-14(18)19/h2-3,6,10,13H,4-5,7-8,16H2,1H3,(H,18,19). The first-order chi connectivity index (χ1) is 8.97. The van der Waals surface area contributed by atoms with Crippen LogP contribution < -0.4 is 5.73 Å². The van der Waals surface area contributed by atoms with Crippen LogP contribution in [0.5, 0.6) is 0 Å². The molecule has 2 unspecified atom stereocenters. The van der Waals surface area contributed by atoms with Gasteiger partial charge in [0.05, 0.1) is 6.42 Å². The lowest BCUT2D eigenvalue weighted by molar-refractivity contribution is -0.137. The molecule has 0 saturated carbocycles. The van der Waals surface area contributed by atoms with Crippen molar-refractivity contribution in [1.82, 2.24) is 4.90 Å². The van der Waals surface area contributed by atoms with E-state index in [-0.39, 0.29) is 6.42 Å². The molecular weight excluding hydrogens is 264 g/mol. The van der Waals surface area contributed by atoms with Crippen LogP contribution in [-0.2, 0) is 4.79 Å². The Hall–Kier alpha value is -1.10. The Balaban J connectivity index is 2.15. The third-order valence-corrected chi connectivity index (χ3v) is 4.01. The van der Waals surface area contributed by atoms with Crippen molar-refractivity contribution in [2.24, 2.45) is 5.73 Å². The average Bonchev–Trinajstić information content (AvgIpc) is 2.74. The molecule has 1 aliphatic rings. The minimum Gasteiger partial charge on any atom is -0.481 e. The zero-order valence-corrected chi connectivity index (χ0v) is 11.7. The van der Waals surface area contributed by atoms with E-state index < -0.39 is 12.0 Å². The molecule has 0 bridgehead atoms. The molecule has 1 aromatic rings. The number of likely N-dealkylation sites (N-methyl/N-ethyl adjacent to an activating group) is 1. The highest BCUT2D eigenvalue weighted by Gasteiger charge is 2.23. The molecule has 19 heavy (non-hydrogen) atoms. The molecule has 0 amide bonds. The van der Waals surface area contributed by atoms with Crippen LogP contribution >= 0.6 is 11.6 Å². The third-order valence-electron chi connectivity index (χ3n) is 3.68. The lowest BCUT2D eigenvalue weighted by Gasteiger charge is -2.16. The minimum atomic E-state index is -0.898. The summed E-state index contributed by atoms with van der Waals surface area (Å²) >= 11 is 6.32. The highest BCUT2D eigenvalue weighted by Crippen LogP contribution is 2.33. The molecule has 0 radical (unpaired) electrons. The fraction of sp³-hybridized carbons (Fsp3) is 0.500. The van der Waals surface area contributed by atoms with Gasteiger partial charge in [-0.05, 0) is 43.1 Å². The van der Waals surface area contributed by atoms with E-state index >= 15 is 0 Å². The van der Waals surface area contributed by atoms with Gasteiger partial charge in [0.25, 0.3) is 0 Å². The number of carboxylic acids is 1. The van der Waals surface area contributed by atoms with E-state index in [1.807, 2.05) is 18.2 Å². The fourth-order valence-corrected chi connectivity index (χ4v) is 2.94. The SMILES string of the molecule is CN1CCC(c2ccc(C(N)CC(=O)O)cc2Cl)C1. The Labute approximate surface area is 118 Å². The summed E-state index contributed by atoms with van der Waals surface area (Å²) in [7, 11) is 2.10. The second-order valence-corrected chi connectivity index (χ2v) is 5.64. The smallest absolute Gasteiger partial charge is 0.305 e. The van der Waals surface area contributed by atoms with Crippen molar-refractivity contribution in [2.75, 3.05) is 20.1 Å². The van der Waals surface area contributed by atoms with E-state index in [2.05, 4.69) is 11.9 Å². The van der Waals surface area contributed by atoms with Crippen molar-refractivity contribution in [1.29, 1.82) is 0 Å². The zero-order chi connectivity index (χ0) is 14.0. The maximum Gasteiger partial charge on any atom is 0.305 e. The Morgan fingerprint density at radius 2 is 2.37 bits per heavy atom. The van der Waals surface area contributed by atoms with Crippen LogP contribution in [0.2, 0.25) is 5.02 Å². The maximum absolute atomic E-state index is 10.7. The summed E-state index contributed by atoms with van der Waals surface area (Å²) < 4.78 is 0. The van der Waals surface area contributed by atoms with Gasteiger partial charge in [0.15, 0.2) is 0 Å². The lowest BCUT2D eigenvalue weighted by Crippen LogP contribution is -2.15. The molecule has 1 heterocycles. The molecule has 1 aliphatic heterocycles. The van der Waals surface area contributed by atoms with Crippen LogP contribution in [0.25, 0.3) is 0 Å². The van der Waals surface area contributed by atoms with Crippen molar-refractivity contribution in [3.8, 4) is 0 Å². The topological polar surface area (TPSA) is 66.6 Å². The summed E-state index contributed by atoms with van der Waals surface area (Å²) in [5, 5.41) is 9.45. The molecule has 4 nitrogen and oxygen atoms in total. The highest BCUT2D eigenvalue weighted by atomic mass is 35.5. The van der Waals surface area contributed by atoms with E-state index in [1.165, 1.54) is 0 Å². The Morgan fingerprint density at radius 3 is 2.89 bits per heavy atom. The summed E-state index contributed by atoms with van der Waals surface area (Å²) in [5.74, 6) is -0.438. The first-order valence-corrected chi connectivity index (χ1v) is 6.80. The minimum absolute atomic E-state index is 0.0815. The molecular formula is C14H19ClN2O2. The predicted molar refractivity (Wildman–Crippen MR) is 75.5 cm³/mol. The van der Waals surface area contributed by atoms with E-state index in [0.717, 1.165) is 30.6 Å². The van der Waals surface area contributed by atoms with Crippen LogP contribution in [0.15, 0.2) is 18.2 Å². The van der Waals surface area contributed by atoms with Crippen molar-refractivity contribution in [3.63, 3.8) is 0 Å². The van der Waals surface area contributed by atoms with E-state index in [0.29, 0.717) is 10.9 Å². The monoisotopic (exact) mass is 282 g/mol. The zero-order valence-electron chi connectivity index (χ0n) is 11.0. The summed E-state index contributed by atoms with van der Waals surface area (Å²) in [6.45, 7) is 2.10. The van der Waals surface area contributed by atoms with Gasteiger partial charge in [-0.25, -0.2) is 0 Å². The maximum atomic E-state index is 10.7. The number of aliphatic carboxylic acids is 1. The van der Waals surface area contributed by atoms with Gasteiger partial charge in [-0.3, -0.25) is 4.79 Å². The van der Waals surface area contributed by atoms with Gasteiger partial charge in [-0.1, -0.05) is 23.7 Å². The number of carbonyl (C=O) groups is 1. The van der Waals surface area contributed by atoms with Crippen LogP contribution in [0, 0.1) is 0 Å². The van der Waals surface area contributed by atoms with Gasteiger partial charge in [-0.2, -0.15) is 0 Å².